The number of fused-ring (bicyclic) bond motifs is 3. The quantitative estimate of drug-likeness (QED) is 0.426. The number of allylic oxidation sites excluding steroid dienone is 6. The number of hydrogen-bond acceptors (Lipinski definition) is 1. The molecule has 0 aromatic heterocycles. The molecule has 1 fully saturated rings. The molecule has 0 aliphatic heterocycles. The van der Waals surface area contributed by atoms with Gasteiger partial charge in [-0.25, -0.2) is 0 Å². The smallest absolute Gasteiger partial charge is 0.163 e. The summed E-state index contributed by atoms with van der Waals surface area (Å²) in [6.07, 6.45) is 5.29. The van der Waals surface area contributed by atoms with Crippen LogP contribution in [0.15, 0.2) is 33.9 Å². The van der Waals surface area contributed by atoms with Crippen molar-refractivity contribution in [1.82, 2.24) is 0 Å². The van der Waals surface area contributed by atoms with Gasteiger partial charge in [0.15, 0.2) is 5.78 Å². The van der Waals surface area contributed by atoms with Gasteiger partial charge < -0.3 is 0 Å². The van der Waals surface area contributed by atoms with Gasteiger partial charge in [-0.05, 0) is 63.2 Å². The zero-order valence-electron chi connectivity index (χ0n) is 18.7. The second-order valence-corrected chi connectivity index (χ2v) is 11.4. The summed E-state index contributed by atoms with van der Waals surface area (Å²) in [5.41, 5.74) is 6.83. The van der Waals surface area contributed by atoms with Gasteiger partial charge in [0, 0.05) is 16.9 Å². The van der Waals surface area contributed by atoms with E-state index in [1.54, 1.807) is 0 Å². The molecule has 0 amide bonds. The van der Waals surface area contributed by atoms with Crippen LogP contribution < -0.4 is 0 Å². The first-order chi connectivity index (χ1) is 11.7. The third-order valence-corrected chi connectivity index (χ3v) is 8.36. The molecule has 26 heavy (non-hydrogen) atoms. The normalized spacial score (nSPS) is 35.5. The van der Waals surface area contributed by atoms with Crippen molar-refractivity contribution in [2.75, 3.05) is 0 Å². The van der Waals surface area contributed by atoms with Crippen molar-refractivity contribution in [3.63, 3.8) is 0 Å². The molecule has 0 saturated heterocycles. The summed E-state index contributed by atoms with van der Waals surface area (Å²) in [5.74, 6) is 0.559. The van der Waals surface area contributed by atoms with Gasteiger partial charge in [0.1, 0.15) is 0 Å². The van der Waals surface area contributed by atoms with Crippen LogP contribution in [-0.2, 0) is 4.79 Å². The van der Waals surface area contributed by atoms with Crippen molar-refractivity contribution in [2.24, 2.45) is 27.6 Å². The lowest BCUT2D eigenvalue weighted by molar-refractivity contribution is -0.134. The Kier molecular flexibility index (Phi) is 4.12. The molecule has 1 saturated carbocycles. The molecule has 0 heterocycles. The van der Waals surface area contributed by atoms with Crippen molar-refractivity contribution in [2.45, 2.75) is 88.5 Å². The number of rotatable bonds is 0. The van der Waals surface area contributed by atoms with Gasteiger partial charge in [-0.15, -0.1) is 0 Å². The molecule has 3 aliphatic carbocycles. The topological polar surface area (TPSA) is 17.1 Å². The van der Waals surface area contributed by atoms with Crippen LogP contribution in [-0.4, -0.2) is 5.78 Å². The van der Waals surface area contributed by atoms with Crippen LogP contribution in [0.25, 0.3) is 0 Å². The third kappa shape index (κ3) is 2.12. The Morgan fingerprint density at radius 2 is 1.42 bits per heavy atom. The molecule has 0 N–H and O–H groups in total. The lowest BCUT2D eigenvalue weighted by Gasteiger charge is -2.63. The van der Waals surface area contributed by atoms with Gasteiger partial charge >= 0.3 is 0 Å². The van der Waals surface area contributed by atoms with Gasteiger partial charge in [0.25, 0.3) is 0 Å². The lowest BCUT2D eigenvalue weighted by Crippen LogP contribution is -2.58. The SMILES string of the molecule is CC1=C(C)CC2(C(C)(C)C)C(=C1)C(=O)C1CC(C)=C(C)CC12C(C)(C)C. The third-order valence-electron chi connectivity index (χ3n) is 8.36. The number of carbonyl (C=O) groups is 1. The highest BCUT2D eigenvalue weighted by atomic mass is 16.1. The van der Waals surface area contributed by atoms with Crippen molar-refractivity contribution in [3.05, 3.63) is 33.9 Å². The van der Waals surface area contributed by atoms with Crippen LogP contribution in [0.5, 0.6) is 0 Å². The van der Waals surface area contributed by atoms with E-state index in [4.69, 9.17) is 0 Å². The predicted octanol–water partition coefficient (Wildman–Crippen LogP) is 7.05. The summed E-state index contributed by atoms with van der Waals surface area (Å²) in [6, 6.07) is 0. The maximum absolute atomic E-state index is 13.9. The Hall–Kier alpha value is -1.11. The summed E-state index contributed by atoms with van der Waals surface area (Å²) in [6.45, 7) is 23.3. The molecule has 0 aromatic rings. The van der Waals surface area contributed by atoms with E-state index in [9.17, 15) is 4.79 Å². The van der Waals surface area contributed by atoms with E-state index in [0.717, 1.165) is 24.8 Å². The van der Waals surface area contributed by atoms with Gasteiger partial charge in [-0.3, -0.25) is 4.79 Å². The standard InChI is InChI=1S/C25H38O/c1-15-11-19-21(26)20-12-16(2)18(4)14-25(20,23(8,9)10)24(19,13-17(15)3)22(5,6)7/h11,20H,12-14H2,1-10H3. The summed E-state index contributed by atoms with van der Waals surface area (Å²) in [5, 5.41) is 0. The fourth-order valence-corrected chi connectivity index (χ4v) is 6.84. The lowest BCUT2D eigenvalue weighted by atomic mass is 9.39. The van der Waals surface area contributed by atoms with Crippen molar-refractivity contribution in [3.8, 4) is 0 Å². The zero-order chi connectivity index (χ0) is 19.9. The van der Waals surface area contributed by atoms with E-state index in [1.165, 1.54) is 22.3 Å². The molecule has 0 bridgehead atoms. The summed E-state index contributed by atoms with van der Waals surface area (Å²) >= 11 is 0. The van der Waals surface area contributed by atoms with Crippen LogP contribution in [0, 0.1) is 27.6 Å². The van der Waals surface area contributed by atoms with E-state index in [2.05, 4.69) is 75.3 Å². The number of ketones is 1. The van der Waals surface area contributed by atoms with Crippen molar-refractivity contribution >= 4 is 5.78 Å². The first kappa shape index (κ1) is 19.6. The minimum Gasteiger partial charge on any atom is -0.294 e. The molecule has 3 unspecified atom stereocenters. The van der Waals surface area contributed by atoms with Crippen LogP contribution in [0.2, 0.25) is 0 Å². The molecule has 0 radical (unpaired) electrons. The Morgan fingerprint density at radius 1 is 0.846 bits per heavy atom. The minimum absolute atomic E-state index is 0.0211. The second kappa shape index (κ2) is 5.46. The Labute approximate surface area is 161 Å². The molecule has 0 aromatic carbocycles. The fourth-order valence-electron chi connectivity index (χ4n) is 6.84. The summed E-state index contributed by atoms with van der Waals surface area (Å²) in [4.78, 5) is 13.9. The Balaban J connectivity index is 2.44. The Morgan fingerprint density at radius 3 is 1.92 bits per heavy atom. The van der Waals surface area contributed by atoms with Gasteiger partial charge in [-0.1, -0.05) is 69.9 Å². The van der Waals surface area contributed by atoms with Crippen LogP contribution >= 0.6 is 0 Å². The maximum atomic E-state index is 13.9. The fraction of sp³-hybridized carbons (Fsp3) is 0.720. The largest absolute Gasteiger partial charge is 0.294 e. The average Bonchev–Trinajstić information content (AvgIpc) is 2.68. The average molecular weight is 355 g/mol. The highest BCUT2D eigenvalue weighted by Crippen LogP contribution is 2.77. The first-order valence-electron chi connectivity index (χ1n) is 10.3. The molecule has 1 heteroatoms. The zero-order valence-corrected chi connectivity index (χ0v) is 18.7. The van der Waals surface area contributed by atoms with Gasteiger partial charge in [0.05, 0.1) is 0 Å². The summed E-state index contributed by atoms with van der Waals surface area (Å²) in [7, 11) is 0. The van der Waals surface area contributed by atoms with Crippen LogP contribution in [0.3, 0.4) is 0 Å². The maximum Gasteiger partial charge on any atom is 0.163 e. The van der Waals surface area contributed by atoms with Crippen molar-refractivity contribution < 1.29 is 4.79 Å². The van der Waals surface area contributed by atoms with E-state index in [-0.39, 0.29) is 27.6 Å². The highest BCUT2D eigenvalue weighted by Gasteiger charge is 2.74. The van der Waals surface area contributed by atoms with E-state index < -0.39 is 0 Å². The molecular formula is C25H38O. The number of carbonyl (C=O) groups excluding carboxylic acids is 1. The van der Waals surface area contributed by atoms with Gasteiger partial charge in [-0.2, -0.15) is 0 Å². The van der Waals surface area contributed by atoms with Gasteiger partial charge in [0.2, 0.25) is 0 Å². The minimum atomic E-state index is -0.0917. The molecule has 144 valence electrons. The number of Topliss-reactive ketones (excluding diaryl/α,β-unsaturated/α-hetero) is 1. The second-order valence-electron chi connectivity index (χ2n) is 11.4. The molecule has 3 atom stereocenters. The predicted molar refractivity (Wildman–Crippen MR) is 111 cm³/mol. The first-order valence-corrected chi connectivity index (χ1v) is 10.3. The molecule has 3 rings (SSSR count). The van der Waals surface area contributed by atoms with Crippen LogP contribution in [0.4, 0.5) is 0 Å². The summed E-state index contributed by atoms with van der Waals surface area (Å²) < 4.78 is 0. The van der Waals surface area contributed by atoms with E-state index in [1.807, 2.05) is 0 Å². The van der Waals surface area contributed by atoms with Crippen molar-refractivity contribution in [1.29, 1.82) is 0 Å². The van der Waals surface area contributed by atoms with Crippen LogP contribution in [0.1, 0.15) is 88.5 Å². The monoisotopic (exact) mass is 354 g/mol. The molecule has 1 nitrogen and oxygen atoms in total. The van der Waals surface area contributed by atoms with E-state index in [0.29, 0.717) is 5.78 Å². The molecular weight excluding hydrogens is 316 g/mol. The molecule has 0 spiro atoms. The number of hydrogen-bond donors (Lipinski definition) is 0. The Bertz CT molecular complexity index is 759. The molecule has 3 aliphatic rings. The van der Waals surface area contributed by atoms with E-state index >= 15 is 0 Å². The highest BCUT2D eigenvalue weighted by molar-refractivity contribution is 6.04.